The lowest BCUT2D eigenvalue weighted by molar-refractivity contribution is 0.413. The van der Waals surface area contributed by atoms with Crippen LogP contribution in [0.4, 0.5) is 5.69 Å². The van der Waals surface area contributed by atoms with E-state index in [4.69, 9.17) is 10.5 Å². The molecule has 0 saturated heterocycles. The molecular weight excluding hydrogens is 306 g/mol. The minimum atomic E-state index is -3.42. The summed E-state index contributed by atoms with van der Waals surface area (Å²) in [7, 11) is -1.93. The van der Waals surface area contributed by atoms with Crippen molar-refractivity contribution in [3.05, 3.63) is 48.5 Å². The Kier molecular flexibility index (Phi) is 5.14. The third-order valence-electron chi connectivity index (χ3n) is 2.92. The fourth-order valence-electron chi connectivity index (χ4n) is 1.81. The Morgan fingerprint density at radius 1 is 1.14 bits per heavy atom. The third-order valence-corrected chi connectivity index (χ3v) is 5.96. The summed E-state index contributed by atoms with van der Waals surface area (Å²) in [6, 6.07) is 14.4. The van der Waals surface area contributed by atoms with Crippen LogP contribution in [-0.2, 0) is 9.84 Å². The summed E-state index contributed by atoms with van der Waals surface area (Å²) in [4.78, 5) is 1.18. The Hall–Kier alpha value is -1.66. The molecule has 112 valence electrons. The van der Waals surface area contributed by atoms with Gasteiger partial charge in [-0.15, -0.1) is 11.8 Å². The van der Waals surface area contributed by atoms with E-state index in [1.165, 1.54) is 24.9 Å². The summed E-state index contributed by atoms with van der Waals surface area (Å²) in [5.41, 5.74) is 6.02. The summed E-state index contributed by atoms with van der Waals surface area (Å²) >= 11 is 1.51. The van der Waals surface area contributed by atoms with Gasteiger partial charge >= 0.3 is 0 Å². The van der Waals surface area contributed by atoms with Crippen molar-refractivity contribution in [3.8, 4) is 5.75 Å². The molecule has 0 aromatic heterocycles. The molecular formula is C15H17NO3S2. The molecule has 4 nitrogen and oxygen atoms in total. The molecule has 0 unspecified atom stereocenters. The Morgan fingerprint density at radius 2 is 1.86 bits per heavy atom. The van der Waals surface area contributed by atoms with Crippen LogP contribution in [0.1, 0.15) is 0 Å². The van der Waals surface area contributed by atoms with Crippen LogP contribution in [0.25, 0.3) is 0 Å². The van der Waals surface area contributed by atoms with Gasteiger partial charge < -0.3 is 10.5 Å². The van der Waals surface area contributed by atoms with E-state index in [1.54, 1.807) is 12.1 Å². The number of ether oxygens (including phenoxy) is 1. The lowest BCUT2D eigenvalue weighted by Gasteiger charge is -2.09. The summed E-state index contributed by atoms with van der Waals surface area (Å²) < 4.78 is 29.8. The van der Waals surface area contributed by atoms with Crippen LogP contribution >= 0.6 is 11.8 Å². The van der Waals surface area contributed by atoms with E-state index < -0.39 is 9.84 Å². The topological polar surface area (TPSA) is 69.4 Å². The summed E-state index contributed by atoms with van der Waals surface area (Å²) in [5, 5.41) is 0. The largest absolute Gasteiger partial charge is 0.497 e. The lowest BCUT2D eigenvalue weighted by Crippen LogP contribution is -2.11. The predicted octanol–water partition coefficient (Wildman–Crippen LogP) is 2.84. The maximum absolute atomic E-state index is 12.4. The number of sulfone groups is 1. The Morgan fingerprint density at radius 3 is 2.52 bits per heavy atom. The predicted molar refractivity (Wildman–Crippen MR) is 86.6 cm³/mol. The van der Waals surface area contributed by atoms with E-state index in [9.17, 15) is 8.42 Å². The van der Waals surface area contributed by atoms with Crippen LogP contribution in [0.2, 0.25) is 0 Å². The molecule has 0 aliphatic rings. The van der Waals surface area contributed by atoms with Crippen LogP contribution in [0.5, 0.6) is 5.75 Å². The highest BCUT2D eigenvalue weighted by Gasteiger charge is 2.18. The maximum atomic E-state index is 12.4. The highest BCUT2D eigenvalue weighted by molar-refractivity contribution is 8.00. The van der Waals surface area contributed by atoms with Crippen LogP contribution < -0.4 is 10.5 Å². The highest BCUT2D eigenvalue weighted by atomic mass is 32.2. The van der Waals surface area contributed by atoms with Crippen LogP contribution in [0.15, 0.2) is 58.3 Å². The second-order valence-corrected chi connectivity index (χ2v) is 7.63. The Labute approximate surface area is 129 Å². The van der Waals surface area contributed by atoms with Crippen LogP contribution in [0.3, 0.4) is 0 Å². The molecule has 0 bridgehead atoms. The van der Waals surface area contributed by atoms with E-state index in [1.807, 2.05) is 30.3 Å². The minimum absolute atomic E-state index is 0.0317. The zero-order valence-corrected chi connectivity index (χ0v) is 13.3. The van der Waals surface area contributed by atoms with Crippen molar-refractivity contribution < 1.29 is 13.2 Å². The molecule has 2 aromatic rings. The first kappa shape index (κ1) is 15.7. The van der Waals surface area contributed by atoms with Gasteiger partial charge in [0.15, 0.2) is 9.84 Å². The molecule has 2 rings (SSSR count). The van der Waals surface area contributed by atoms with Gasteiger partial charge in [0.1, 0.15) is 5.75 Å². The number of hydrogen-bond donors (Lipinski definition) is 1. The van der Waals surface area contributed by atoms with Gasteiger partial charge in [-0.25, -0.2) is 8.42 Å². The van der Waals surface area contributed by atoms with Gasteiger partial charge in [-0.3, -0.25) is 0 Å². The maximum Gasteiger partial charge on any atom is 0.181 e. The second-order valence-electron chi connectivity index (χ2n) is 4.38. The van der Waals surface area contributed by atoms with Gasteiger partial charge in [0.05, 0.1) is 23.4 Å². The first-order chi connectivity index (χ1) is 10.0. The van der Waals surface area contributed by atoms with Crippen molar-refractivity contribution >= 4 is 27.3 Å². The molecule has 0 aliphatic heterocycles. The molecule has 0 radical (unpaired) electrons. The lowest BCUT2D eigenvalue weighted by atomic mass is 10.3. The molecule has 0 spiro atoms. The zero-order chi connectivity index (χ0) is 15.3. The number of thioether (sulfide) groups is 1. The molecule has 0 atom stereocenters. The van der Waals surface area contributed by atoms with Gasteiger partial charge in [0, 0.05) is 16.7 Å². The second kappa shape index (κ2) is 6.87. The van der Waals surface area contributed by atoms with Crippen molar-refractivity contribution in [1.82, 2.24) is 0 Å². The van der Waals surface area contributed by atoms with E-state index in [0.29, 0.717) is 11.5 Å². The first-order valence-corrected chi connectivity index (χ1v) is 9.01. The molecule has 21 heavy (non-hydrogen) atoms. The van der Waals surface area contributed by atoms with Crippen LogP contribution in [-0.4, -0.2) is 27.0 Å². The molecule has 0 amide bonds. The highest BCUT2D eigenvalue weighted by Crippen LogP contribution is 2.26. The van der Waals surface area contributed by atoms with Crippen molar-refractivity contribution in [1.29, 1.82) is 0 Å². The summed E-state index contributed by atoms with van der Waals surface area (Å²) in [6.07, 6.45) is 0. The number of rotatable bonds is 6. The molecule has 0 heterocycles. The standard InChI is InChI=1S/C15H17NO3S2/c1-19-12-7-8-14(16)15(11-12)21(17,18)10-9-20-13-5-3-2-4-6-13/h2-8,11H,9-10,16H2,1H3. The molecule has 2 N–H and O–H groups in total. The molecule has 2 aromatic carbocycles. The summed E-state index contributed by atoms with van der Waals surface area (Å²) in [6.45, 7) is 0. The SMILES string of the molecule is COc1ccc(N)c(S(=O)(=O)CCSc2ccccc2)c1. The van der Waals surface area contributed by atoms with Crippen molar-refractivity contribution in [3.63, 3.8) is 0 Å². The fraction of sp³-hybridized carbons (Fsp3) is 0.200. The number of nitrogen functional groups attached to an aromatic ring is 1. The van der Waals surface area contributed by atoms with E-state index >= 15 is 0 Å². The normalized spacial score (nSPS) is 11.3. The van der Waals surface area contributed by atoms with Crippen molar-refractivity contribution in [2.24, 2.45) is 0 Å². The van der Waals surface area contributed by atoms with Gasteiger partial charge in [0.25, 0.3) is 0 Å². The smallest absolute Gasteiger partial charge is 0.181 e. The zero-order valence-electron chi connectivity index (χ0n) is 11.7. The molecule has 0 saturated carbocycles. The van der Waals surface area contributed by atoms with E-state index in [0.717, 1.165) is 4.90 Å². The fourth-order valence-corrected chi connectivity index (χ4v) is 4.55. The van der Waals surface area contributed by atoms with E-state index in [2.05, 4.69) is 0 Å². The monoisotopic (exact) mass is 323 g/mol. The number of benzene rings is 2. The van der Waals surface area contributed by atoms with E-state index in [-0.39, 0.29) is 16.3 Å². The average Bonchev–Trinajstić information content (AvgIpc) is 2.48. The minimum Gasteiger partial charge on any atom is -0.497 e. The Bertz CT molecular complexity index is 700. The first-order valence-electron chi connectivity index (χ1n) is 6.37. The third kappa shape index (κ3) is 4.15. The molecule has 0 aliphatic carbocycles. The molecule has 6 heteroatoms. The van der Waals surface area contributed by atoms with Crippen molar-refractivity contribution in [2.75, 3.05) is 24.3 Å². The summed E-state index contributed by atoms with van der Waals surface area (Å²) in [5.74, 6) is 0.992. The number of methoxy groups -OCH3 is 1. The van der Waals surface area contributed by atoms with Crippen molar-refractivity contribution in [2.45, 2.75) is 9.79 Å². The van der Waals surface area contributed by atoms with Gasteiger partial charge in [-0.1, -0.05) is 18.2 Å². The van der Waals surface area contributed by atoms with Gasteiger partial charge in [-0.2, -0.15) is 0 Å². The molecule has 0 fully saturated rings. The number of hydrogen-bond acceptors (Lipinski definition) is 5. The van der Waals surface area contributed by atoms with Gasteiger partial charge in [-0.05, 0) is 24.3 Å². The number of anilines is 1. The quantitative estimate of drug-likeness (QED) is 0.654. The number of nitrogens with two attached hydrogens (primary N) is 1. The average molecular weight is 323 g/mol. The Balaban J connectivity index is 2.08. The van der Waals surface area contributed by atoms with Crippen LogP contribution in [0, 0.1) is 0 Å². The van der Waals surface area contributed by atoms with Gasteiger partial charge in [0.2, 0.25) is 0 Å².